The molecule has 0 unspecified atom stereocenters. The Morgan fingerprint density at radius 3 is 1.84 bits per heavy atom. The zero-order chi connectivity index (χ0) is 22.4. The summed E-state index contributed by atoms with van der Waals surface area (Å²) in [5, 5.41) is 1.42. The first-order valence-corrected chi connectivity index (χ1v) is 11.6. The Bertz CT molecular complexity index is 794. The van der Waals surface area contributed by atoms with Crippen molar-refractivity contribution >= 4 is 29.1 Å². The molecule has 1 fully saturated rings. The van der Waals surface area contributed by atoms with Gasteiger partial charge in [-0.05, 0) is 41.8 Å². The number of piperazine rings is 1. The third kappa shape index (κ3) is 6.95. The van der Waals surface area contributed by atoms with Crippen molar-refractivity contribution in [1.82, 2.24) is 9.80 Å². The second-order valence-electron chi connectivity index (χ2n) is 9.09. The van der Waals surface area contributed by atoms with Crippen LogP contribution in [0.1, 0.15) is 44.4 Å². The van der Waals surface area contributed by atoms with E-state index in [-0.39, 0.29) is 17.4 Å². The van der Waals surface area contributed by atoms with Crippen molar-refractivity contribution in [3.63, 3.8) is 0 Å². The standard InChI is InChI=1S/C25H32Cl2N2O2/c1-25(2,3)24(30)29-16-14-28(15-17-29)13-4-18-31-23(19-5-9-21(26)10-6-19)20-7-11-22(27)12-8-20/h5-12,23H,4,13-18H2,1-3H3. The van der Waals surface area contributed by atoms with Crippen LogP contribution in [0, 0.1) is 5.41 Å². The summed E-state index contributed by atoms with van der Waals surface area (Å²) >= 11 is 12.1. The highest BCUT2D eigenvalue weighted by Gasteiger charge is 2.29. The number of hydrogen-bond acceptors (Lipinski definition) is 3. The molecule has 4 nitrogen and oxygen atoms in total. The van der Waals surface area contributed by atoms with Gasteiger partial charge in [0.2, 0.25) is 5.91 Å². The van der Waals surface area contributed by atoms with E-state index in [1.54, 1.807) is 0 Å². The zero-order valence-electron chi connectivity index (χ0n) is 18.6. The summed E-state index contributed by atoms with van der Waals surface area (Å²) in [6.45, 7) is 11.0. The van der Waals surface area contributed by atoms with Crippen molar-refractivity contribution < 1.29 is 9.53 Å². The molecule has 1 heterocycles. The second kappa shape index (κ2) is 10.8. The summed E-state index contributed by atoms with van der Waals surface area (Å²) in [7, 11) is 0. The molecule has 1 amide bonds. The molecular weight excluding hydrogens is 431 g/mol. The van der Waals surface area contributed by atoms with Crippen LogP contribution in [0.2, 0.25) is 10.0 Å². The van der Waals surface area contributed by atoms with E-state index in [0.29, 0.717) is 16.7 Å². The van der Waals surface area contributed by atoms with E-state index >= 15 is 0 Å². The van der Waals surface area contributed by atoms with Gasteiger partial charge >= 0.3 is 0 Å². The summed E-state index contributed by atoms with van der Waals surface area (Å²) in [5.74, 6) is 0.240. The van der Waals surface area contributed by atoms with Crippen LogP contribution >= 0.6 is 23.2 Å². The third-order valence-electron chi connectivity index (χ3n) is 5.55. The van der Waals surface area contributed by atoms with Crippen LogP contribution in [0.5, 0.6) is 0 Å². The molecule has 0 aromatic heterocycles. The Morgan fingerprint density at radius 1 is 0.903 bits per heavy atom. The Balaban J connectivity index is 1.51. The molecule has 2 aromatic carbocycles. The van der Waals surface area contributed by atoms with Gasteiger partial charge in [0.25, 0.3) is 0 Å². The SMILES string of the molecule is CC(C)(C)C(=O)N1CCN(CCCOC(c2ccc(Cl)cc2)c2ccc(Cl)cc2)CC1. The minimum atomic E-state index is -0.311. The van der Waals surface area contributed by atoms with Crippen LogP contribution in [0.3, 0.4) is 0 Å². The van der Waals surface area contributed by atoms with Gasteiger partial charge in [0.15, 0.2) is 0 Å². The van der Waals surface area contributed by atoms with Gasteiger partial charge in [-0.1, -0.05) is 68.2 Å². The van der Waals surface area contributed by atoms with Gasteiger partial charge in [-0.3, -0.25) is 9.69 Å². The maximum absolute atomic E-state index is 12.4. The number of halogens is 2. The van der Waals surface area contributed by atoms with E-state index < -0.39 is 0 Å². The smallest absolute Gasteiger partial charge is 0.228 e. The molecule has 3 rings (SSSR count). The number of ether oxygens (including phenoxy) is 1. The number of benzene rings is 2. The van der Waals surface area contributed by atoms with Crippen molar-refractivity contribution in [2.45, 2.75) is 33.3 Å². The highest BCUT2D eigenvalue weighted by atomic mass is 35.5. The average Bonchev–Trinajstić information content (AvgIpc) is 2.75. The number of nitrogens with zero attached hydrogens (tertiary/aromatic N) is 2. The van der Waals surface area contributed by atoms with Crippen molar-refractivity contribution in [3.8, 4) is 0 Å². The zero-order valence-corrected chi connectivity index (χ0v) is 20.1. The van der Waals surface area contributed by atoms with E-state index in [1.165, 1.54) is 0 Å². The maximum Gasteiger partial charge on any atom is 0.228 e. The molecule has 1 aliphatic rings. The first kappa shape index (κ1) is 24.1. The Labute approximate surface area is 196 Å². The average molecular weight is 463 g/mol. The van der Waals surface area contributed by atoms with E-state index in [9.17, 15) is 4.79 Å². The molecule has 0 atom stereocenters. The molecule has 1 aliphatic heterocycles. The van der Waals surface area contributed by atoms with Gasteiger partial charge in [-0.15, -0.1) is 0 Å². The first-order valence-electron chi connectivity index (χ1n) is 10.9. The molecular formula is C25H32Cl2N2O2. The molecule has 0 saturated carbocycles. The predicted octanol–water partition coefficient (Wildman–Crippen LogP) is 5.68. The van der Waals surface area contributed by atoms with E-state index in [1.807, 2.05) is 74.2 Å². The quantitative estimate of drug-likeness (QED) is 0.496. The summed E-state index contributed by atoms with van der Waals surface area (Å²) in [5.41, 5.74) is 1.83. The summed E-state index contributed by atoms with van der Waals surface area (Å²) < 4.78 is 6.31. The minimum absolute atomic E-state index is 0.157. The van der Waals surface area contributed by atoms with Crippen molar-refractivity contribution in [1.29, 1.82) is 0 Å². The second-order valence-corrected chi connectivity index (χ2v) is 9.96. The fourth-order valence-electron chi connectivity index (χ4n) is 3.80. The largest absolute Gasteiger partial charge is 0.369 e. The number of amides is 1. The van der Waals surface area contributed by atoms with Gasteiger partial charge in [0.05, 0.1) is 0 Å². The molecule has 0 radical (unpaired) electrons. The lowest BCUT2D eigenvalue weighted by molar-refractivity contribution is -0.141. The van der Waals surface area contributed by atoms with Crippen LogP contribution in [0.25, 0.3) is 0 Å². The summed E-state index contributed by atoms with van der Waals surface area (Å²) in [6.07, 6.45) is 0.779. The van der Waals surface area contributed by atoms with Gasteiger partial charge in [0.1, 0.15) is 6.10 Å². The Kier molecular flexibility index (Phi) is 8.40. The van der Waals surface area contributed by atoms with Crippen LogP contribution < -0.4 is 0 Å². The number of hydrogen-bond donors (Lipinski definition) is 0. The lowest BCUT2D eigenvalue weighted by Gasteiger charge is -2.37. The van der Waals surface area contributed by atoms with Crippen molar-refractivity contribution in [2.75, 3.05) is 39.3 Å². The molecule has 168 valence electrons. The molecule has 6 heteroatoms. The molecule has 0 bridgehead atoms. The number of rotatable bonds is 7. The van der Waals surface area contributed by atoms with Gasteiger partial charge < -0.3 is 9.64 Å². The highest BCUT2D eigenvalue weighted by molar-refractivity contribution is 6.30. The topological polar surface area (TPSA) is 32.8 Å². The third-order valence-corrected chi connectivity index (χ3v) is 6.05. The van der Waals surface area contributed by atoms with Crippen LogP contribution in [-0.4, -0.2) is 55.0 Å². The predicted molar refractivity (Wildman–Crippen MR) is 128 cm³/mol. The summed E-state index contributed by atoms with van der Waals surface area (Å²) in [4.78, 5) is 16.8. The van der Waals surface area contributed by atoms with E-state index in [0.717, 1.165) is 50.3 Å². The van der Waals surface area contributed by atoms with E-state index in [2.05, 4.69) is 4.90 Å². The van der Waals surface area contributed by atoms with Crippen LogP contribution in [-0.2, 0) is 9.53 Å². The molecule has 0 N–H and O–H groups in total. The Hall–Kier alpha value is -1.59. The monoisotopic (exact) mass is 462 g/mol. The number of carbonyl (C=O) groups excluding carboxylic acids is 1. The normalized spacial score (nSPS) is 15.5. The molecule has 31 heavy (non-hydrogen) atoms. The van der Waals surface area contributed by atoms with Crippen molar-refractivity contribution in [3.05, 3.63) is 69.7 Å². The minimum Gasteiger partial charge on any atom is -0.369 e. The maximum atomic E-state index is 12.4. The van der Waals surface area contributed by atoms with Crippen molar-refractivity contribution in [2.24, 2.45) is 5.41 Å². The fourth-order valence-corrected chi connectivity index (χ4v) is 4.05. The summed E-state index contributed by atoms with van der Waals surface area (Å²) in [6, 6.07) is 15.6. The molecule has 0 spiro atoms. The van der Waals surface area contributed by atoms with Gasteiger partial charge in [0, 0.05) is 54.8 Å². The molecule has 1 saturated heterocycles. The lowest BCUT2D eigenvalue weighted by atomic mass is 9.94. The van der Waals surface area contributed by atoms with Gasteiger partial charge in [-0.2, -0.15) is 0 Å². The van der Waals surface area contributed by atoms with Gasteiger partial charge in [-0.25, -0.2) is 0 Å². The first-order chi connectivity index (χ1) is 14.7. The molecule has 2 aromatic rings. The van der Waals surface area contributed by atoms with E-state index in [4.69, 9.17) is 27.9 Å². The van der Waals surface area contributed by atoms with Crippen LogP contribution in [0.4, 0.5) is 0 Å². The fraction of sp³-hybridized carbons (Fsp3) is 0.480. The lowest BCUT2D eigenvalue weighted by Crippen LogP contribution is -2.51. The Morgan fingerprint density at radius 2 is 1.39 bits per heavy atom. The number of carbonyl (C=O) groups is 1. The molecule has 0 aliphatic carbocycles. The van der Waals surface area contributed by atoms with Crippen LogP contribution in [0.15, 0.2) is 48.5 Å². The highest BCUT2D eigenvalue weighted by Crippen LogP contribution is 2.28.